The van der Waals surface area contributed by atoms with Gasteiger partial charge in [0.2, 0.25) is 5.11 Å². The van der Waals surface area contributed by atoms with Gasteiger partial charge in [0, 0.05) is 11.1 Å². The van der Waals surface area contributed by atoms with E-state index in [1.54, 1.807) is 14.2 Å². The number of ether oxygens (including phenoxy) is 2. The number of benzene rings is 2. The number of rotatable bonds is 4. The minimum atomic E-state index is 0.210. The van der Waals surface area contributed by atoms with Gasteiger partial charge in [-0.1, -0.05) is 32.6 Å². The summed E-state index contributed by atoms with van der Waals surface area (Å²) in [6.07, 6.45) is 5.95. The van der Waals surface area contributed by atoms with Crippen LogP contribution in [0, 0.1) is 5.92 Å². The molecule has 0 radical (unpaired) electrons. The molecule has 0 aromatic heterocycles. The van der Waals surface area contributed by atoms with Crippen LogP contribution in [-0.4, -0.2) is 35.0 Å². The van der Waals surface area contributed by atoms with Gasteiger partial charge < -0.3 is 9.47 Å². The van der Waals surface area contributed by atoms with Crippen molar-refractivity contribution >= 4 is 27.8 Å². The van der Waals surface area contributed by atoms with Gasteiger partial charge in [0.1, 0.15) is 34.2 Å². The van der Waals surface area contributed by atoms with E-state index in [-0.39, 0.29) is 16.4 Å². The molecule has 0 saturated heterocycles. The first-order chi connectivity index (χ1) is 14.1. The fourth-order valence-corrected chi connectivity index (χ4v) is 3.65. The Labute approximate surface area is 175 Å². The zero-order valence-corrected chi connectivity index (χ0v) is 17.9. The minimum absolute atomic E-state index is 0.210. The lowest BCUT2D eigenvalue weighted by atomic mass is 10.00. The lowest BCUT2D eigenvalue weighted by Crippen LogP contribution is -2.13. The van der Waals surface area contributed by atoms with E-state index in [1.165, 1.54) is 25.7 Å². The summed E-state index contributed by atoms with van der Waals surface area (Å²) in [7, 11) is 3.23. The number of hydrogen-bond donors (Lipinski definition) is 0. The molecule has 2 aromatic carbocycles. The van der Waals surface area contributed by atoms with E-state index in [0.717, 1.165) is 28.5 Å². The Morgan fingerprint density at radius 1 is 0.793 bits per heavy atom. The molecule has 2 aromatic rings. The van der Waals surface area contributed by atoms with Crippen LogP contribution in [0.15, 0.2) is 58.5 Å². The molecule has 0 atom stereocenters. The number of aliphatic imine (C=N–C) groups is 2. The monoisotopic (exact) mass is 410 g/mol. The first-order valence-electron chi connectivity index (χ1n) is 9.78. The molecule has 0 unspecified atom stereocenters. The Hall–Kier alpha value is -2.73. The molecular weight excluding hydrogens is 384 g/mol. The van der Waals surface area contributed by atoms with Crippen LogP contribution >= 0.6 is 0 Å². The molecule has 0 bridgehead atoms. The van der Waals surface area contributed by atoms with E-state index in [9.17, 15) is 4.21 Å². The van der Waals surface area contributed by atoms with Crippen molar-refractivity contribution in [3.05, 3.63) is 59.7 Å². The molecule has 29 heavy (non-hydrogen) atoms. The number of nitrogens with zero attached hydrogens (tertiary/aromatic N) is 2. The predicted molar refractivity (Wildman–Crippen MR) is 120 cm³/mol. The Kier molecular flexibility index (Phi) is 7.36. The van der Waals surface area contributed by atoms with Crippen molar-refractivity contribution in [3.8, 4) is 11.5 Å². The van der Waals surface area contributed by atoms with Crippen molar-refractivity contribution in [2.75, 3.05) is 14.2 Å². The summed E-state index contributed by atoms with van der Waals surface area (Å²) in [5, 5.41) is 0.210. The van der Waals surface area contributed by atoms with Gasteiger partial charge in [-0.05, 0) is 54.4 Å². The fraction of sp³-hybridized carbons (Fsp3) is 0.348. The summed E-state index contributed by atoms with van der Waals surface area (Å²) in [5.74, 6) is 2.57. The smallest absolute Gasteiger partial charge is 0.249 e. The van der Waals surface area contributed by atoms with Crippen LogP contribution in [0.3, 0.4) is 0 Å². The maximum absolute atomic E-state index is 11.1. The molecular formula is C23H26N2O3S. The molecule has 0 amide bonds. The Morgan fingerprint density at radius 3 is 1.48 bits per heavy atom. The van der Waals surface area contributed by atoms with Gasteiger partial charge in [-0.2, -0.15) is 0 Å². The zero-order valence-electron chi connectivity index (χ0n) is 17.1. The van der Waals surface area contributed by atoms with Crippen LogP contribution in [0.5, 0.6) is 11.5 Å². The highest BCUT2D eigenvalue weighted by Gasteiger charge is 2.21. The standard InChI is InChI=1S/C17H14N2O3S.C6H12/c1-21-13-7-3-11(4-8-13)15-16(19-17(18-15)23-20)12-5-9-14(22-2)10-6-12;1-6-4-2-3-5-6/h3-10H,1-2H3;6H,2-5H2,1H3. The quantitative estimate of drug-likeness (QED) is 0.698. The maximum atomic E-state index is 11.1. The number of hydrogen-bond acceptors (Lipinski definition) is 3. The second kappa shape index (κ2) is 10.2. The molecule has 2 aliphatic rings. The SMILES string of the molecule is CC1CCCC1.COc1ccc(C2=NC(=S=O)N=C2c2ccc(OC)cc2)cc1. The molecule has 4 rings (SSSR count). The predicted octanol–water partition coefficient (Wildman–Crippen LogP) is 4.49. The summed E-state index contributed by atoms with van der Waals surface area (Å²) >= 11 is 0.287. The lowest BCUT2D eigenvalue weighted by Gasteiger charge is -2.07. The van der Waals surface area contributed by atoms with Crippen molar-refractivity contribution in [3.63, 3.8) is 0 Å². The molecule has 1 saturated carbocycles. The van der Waals surface area contributed by atoms with E-state index in [4.69, 9.17) is 9.47 Å². The van der Waals surface area contributed by atoms with Crippen LogP contribution in [0.1, 0.15) is 43.7 Å². The van der Waals surface area contributed by atoms with Gasteiger partial charge in [0.25, 0.3) is 0 Å². The average molecular weight is 411 g/mol. The lowest BCUT2D eigenvalue weighted by molar-refractivity contribution is 0.414. The molecule has 0 spiro atoms. The highest BCUT2D eigenvalue weighted by molar-refractivity contribution is 7.66. The van der Waals surface area contributed by atoms with E-state index >= 15 is 0 Å². The Morgan fingerprint density at radius 2 is 1.21 bits per heavy atom. The van der Waals surface area contributed by atoms with Gasteiger partial charge in [0.15, 0.2) is 0 Å². The summed E-state index contributed by atoms with van der Waals surface area (Å²) in [5.41, 5.74) is 3.11. The van der Waals surface area contributed by atoms with Crippen LogP contribution in [0.2, 0.25) is 0 Å². The molecule has 0 N–H and O–H groups in total. The first kappa shape index (κ1) is 21.0. The molecule has 5 nitrogen and oxygen atoms in total. The van der Waals surface area contributed by atoms with Gasteiger partial charge in [-0.3, -0.25) is 0 Å². The Bertz CT molecular complexity index is 872. The second-order valence-electron chi connectivity index (χ2n) is 7.13. The fourth-order valence-electron chi connectivity index (χ4n) is 3.39. The minimum Gasteiger partial charge on any atom is -0.497 e. The second-order valence-corrected chi connectivity index (χ2v) is 7.67. The highest BCUT2D eigenvalue weighted by Crippen LogP contribution is 2.23. The van der Waals surface area contributed by atoms with Crippen molar-refractivity contribution in [1.82, 2.24) is 0 Å². The van der Waals surface area contributed by atoms with Gasteiger partial charge in [0.05, 0.1) is 14.2 Å². The van der Waals surface area contributed by atoms with Gasteiger partial charge in [-0.15, -0.1) is 0 Å². The van der Waals surface area contributed by atoms with Crippen molar-refractivity contribution in [1.29, 1.82) is 0 Å². The van der Waals surface area contributed by atoms with Crippen LogP contribution in [0.25, 0.3) is 0 Å². The van der Waals surface area contributed by atoms with E-state index in [1.807, 2.05) is 48.5 Å². The number of methoxy groups -OCH3 is 2. The van der Waals surface area contributed by atoms with Crippen molar-refractivity contribution in [2.45, 2.75) is 32.6 Å². The van der Waals surface area contributed by atoms with Crippen LogP contribution in [-0.2, 0) is 11.3 Å². The van der Waals surface area contributed by atoms with E-state index in [0.29, 0.717) is 11.4 Å². The zero-order chi connectivity index (χ0) is 20.6. The van der Waals surface area contributed by atoms with Gasteiger partial charge >= 0.3 is 0 Å². The van der Waals surface area contributed by atoms with E-state index < -0.39 is 0 Å². The normalized spacial score (nSPS) is 15.9. The molecule has 1 aliphatic heterocycles. The third-order valence-electron chi connectivity index (χ3n) is 5.08. The summed E-state index contributed by atoms with van der Waals surface area (Å²) in [6.45, 7) is 2.34. The average Bonchev–Trinajstić information content (AvgIpc) is 3.43. The van der Waals surface area contributed by atoms with Crippen LogP contribution < -0.4 is 9.47 Å². The first-order valence-corrected chi connectivity index (χ1v) is 10.5. The van der Waals surface area contributed by atoms with Crippen molar-refractivity contribution in [2.24, 2.45) is 15.9 Å². The summed E-state index contributed by atoms with van der Waals surface area (Å²) in [6, 6.07) is 15.0. The molecule has 152 valence electrons. The summed E-state index contributed by atoms with van der Waals surface area (Å²) < 4.78 is 21.4. The van der Waals surface area contributed by atoms with Crippen LogP contribution in [0.4, 0.5) is 0 Å². The van der Waals surface area contributed by atoms with E-state index in [2.05, 4.69) is 16.9 Å². The highest BCUT2D eigenvalue weighted by atomic mass is 32.1. The topological polar surface area (TPSA) is 60.2 Å². The molecule has 1 heterocycles. The third-order valence-corrected chi connectivity index (χ3v) is 5.42. The Balaban J connectivity index is 0.000000343. The molecule has 1 aliphatic carbocycles. The maximum Gasteiger partial charge on any atom is 0.249 e. The summed E-state index contributed by atoms with van der Waals surface area (Å²) in [4.78, 5) is 8.68. The third kappa shape index (κ3) is 5.41. The van der Waals surface area contributed by atoms with Crippen molar-refractivity contribution < 1.29 is 13.7 Å². The largest absolute Gasteiger partial charge is 0.497 e. The van der Waals surface area contributed by atoms with Gasteiger partial charge in [-0.25, -0.2) is 14.2 Å². The molecule has 6 heteroatoms. The molecule has 1 fully saturated rings.